The summed E-state index contributed by atoms with van der Waals surface area (Å²) < 4.78 is 33.1. The lowest BCUT2D eigenvalue weighted by atomic mass is 9.95. The lowest BCUT2D eigenvalue weighted by Crippen LogP contribution is -2.45. The van der Waals surface area contributed by atoms with Crippen LogP contribution >= 0.6 is 11.6 Å². The van der Waals surface area contributed by atoms with Gasteiger partial charge in [0.05, 0.1) is 17.1 Å². The molecule has 0 spiro atoms. The van der Waals surface area contributed by atoms with Gasteiger partial charge in [0.15, 0.2) is 0 Å². The van der Waals surface area contributed by atoms with Crippen LogP contribution in [-0.2, 0) is 21.4 Å². The van der Waals surface area contributed by atoms with Gasteiger partial charge in [0.1, 0.15) is 0 Å². The largest absolute Gasteiger partial charge is 0.392 e. The summed E-state index contributed by atoms with van der Waals surface area (Å²) in [5, 5.41) is 9.31. The Morgan fingerprint density at radius 2 is 2.19 bits per heavy atom. The van der Waals surface area contributed by atoms with Crippen molar-refractivity contribution in [3.8, 4) is 0 Å². The second-order valence-electron chi connectivity index (χ2n) is 5.83. The van der Waals surface area contributed by atoms with Crippen LogP contribution in [0.2, 0.25) is 5.02 Å². The highest BCUT2D eigenvalue weighted by Gasteiger charge is 2.31. The fourth-order valence-electron chi connectivity index (χ4n) is 2.44. The Labute approximate surface area is 130 Å². The smallest absolute Gasteiger partial charge is 0.240 e. The monoisotopic (exact) mass is 333 g/mol. The Balaban J connectivity index is 2.17. The molecule has 1 heterocycles. The highest BCUT2D eigenvalue weighted by atomic mass is 35.5. The van der Waals surface area contributed by atoms with Crippen molar-refractivity contribution >= 4 is 21.6 Å². The van der Waals surface area contributed by atoms with Gasteiger partial charge in [-0.05, 0) is 44.4 Å². The third-order valence-electron chi connectivity index (χ3n) is 3.52. The summed E-state index contributed by atoms with van der Waals surface area (Å²) in [7, 11) is -3.63. The number of nitrogens with one attached hydrogen (secondary N) is 1. The summed E-state index contributed by atoms with van der Waals surface area (Å²) in [6.07, 6.45) is 1.26. The number of hydrogen-bond acceptors (Lipinski definition) is 4. The fraction of sp³-hybridized carbons (Fsp3) is 0.571. The molecular weight excluding hydrogens is 314 g/mol. The number of ether oxygens (including phenoxy) is 1. The van der Waals surface area contributed by atoms with Gasteiger partial charge < -0.3 is 9.84 Å². The summed E-state index contributed by atoms with van der Waals surface area (Å²) in [5.41, 5.74) is 0.173. The van der Waals surface area contributed by atoms with Gasteiger partial charge in [0.2, 0.25) is 10.0 Å². The molecule has 1 fully saturated rings. The van der Waals surface area contributed by atoms with Crippen molar-refractivity contribution in [1.29, 1.82) is 0 Å². The van der Waals surface area contributed by atoms with E-state index < -0.39 is 10.0 Å². The number of hydrogen-bond donors (Lipinski definition) is 2. The van der Waals surface area contributed by atoms with Crippen molar-refractivity contribution in [2.45, 2.75) is 49.8 Å². The van der Waals surface area contributed by atoms with Crippen molar-refractivity contribution in [1.82, 2.24) is 4.72 Å². The van der Waals surface area contributed by atoms with Gasteiger partial charge in [-0.3, -0.25) is 0 Å². The van der Waals surface area contributed by atoms with Crippen LogP contribution in [0.15, 0.2) is 23.1 Å². The van der Waals surface area contributed by atoms with E-state index >= 15 is 0 Å². The van der Waals surface area contributed by atoms with Crippen LogP contribution in [0.1, 0.15) is 32.3 Å². The SMILES string of the molecule is CC1(C)CC(NS(=O)(=O)c2ccc(CO)c(Cl)c2)CCO1. The summed E-state index contributed by atoms with van der Waals surface area (Å²) in [4.78, 5) is 0.106. The third kappa shape index (κ3) is 4.17. The molecule has 0 saturated carbocycles. The normalized spacial score (nSPS) is 22.2. The zero-order valence-corrected chi connectivity index (χ0v) is 13.7. The predicted molar refractivity (Wildman–Crippen MR) is 80.7 cm³/mol. The predicted octanol–water partition coefficient (Wildman–Crippen LogP) is 2.07. The van der Waals surface area contributed by atoms with Crippen molar-refractivity contribution in [2.24, 2.45) is 0 Å². The van der Waals surface area contributed by atoms with Crippen molar-refractivity contribution < 1.29 is 18.3 Å². The zero-order valence-electron chi connectivity index (χ0n) is 12.1. The molecule has 0 aliphatic carbocycles. The van der Waals surface area contributed by atoms with Crippen LogP contribution in [0.25, 0.3) is 0 Å². The van der Waals surface area contributed by atoms with Crippen LogP contribution in [0.3, 0.4) is 0 Å². The molecule has 1 aromatic rings. The molecule has 21 heavy (non-hydrogen) atoms. The number of rotatable bonds is 4. The van der Waals surface area contributed by atoms with E-state index in [0.717, 1.165) is 0 Å². The van der Waals surface area contributed by atoms with E-state index in [1.165, 1.54) is 18.2 Å². The molecule has 1 atom stereocenters. The van der Waals surface area contributed by atoms with Crippen LogP contribution < -0.4 is 4.72 Å². The summed E-state index contributed by atoms with van der Waals surface area (Å²) in [6, 6.07) is 4.17. The van der Waals surface area contributed by atoms with Crippen molar-refractivity contribution in [2.75, 3.05) is 6.61 Å². The van der Waals surface area contributed by atoms with Gasteiger partial charge in [0, 0.05) is 17.7 Å². The summed E-state index contributed by atoms with van der Waals surface area (Å²) >= 11 is 5.95. The number of halogens is 1. The molecule has 1 aliphatic rings. The topological polar surface area (TPSA) is 75.6 Å². The maximum atomic E-state index is 12.4. The van der Waals surface area contributed by atoms with E-state index in [1.54, 1.807) is 0 Å². The van der Waals surface area contributed by atoms with Crippen molar-refractivity contribution in [3.63, 3.8) is 0 Å². The molecule has 0 radical (unpaired) electrons. The minimum absolute atomic E-state index is 0.106. The van der Waals surface area contributed by atoms with E-state index in [-0.39, 0.29) is 28.2 Å². The number of benzene rings is 1. The molecule has 5 nitrogen and oxygen atoms in total. The molecule has 0 bridgehead atoms. The molecule has 118 valence electrons. The lowest BCUT2D eigenvalue weighted by Gasteiger charge is -2.35. The quantitative estimate of drug-likeness (QED) is 0.884. The van der Waals surface area contributed by atoms with Crippen LogP contribution in [-0.4, -0.2) is 31.8 Å². The lowest BCUT2D eigenvalue weighted by molar-refractivity contribution is -0.0599. The zero-order chi connectivity index (χ0) is 15.7. The Morgan fingerprint density at radius 3 is 2.76 bits per heavy atom. The van der Waals surface area contributed by atoms with Gasteiger partial charge in [-0.15, -0.1) is 0 Å². The Morgan fingerprint density at radius 1 is 1.48 bits per heavy atom. The molecular formula is C14H20ClNO4S. The Hall–Kier alpha value is -0.660. The molecule has 7 heteroatoms. The van der Waals surface area contributed by atoms with E-state index in [1.807, 2.05) is 13.8 Å². The first kappa shape index (κ1) is 16.7. The maximum absolute atomic E-state index is 12.4. The van der Waals surface area contributed by atoms with Gasteiger partial charge in [-0.2, -0.15) is 0 Å². The molecule has 2 N–H and O–H groups in total. The van der Waals surface area contributed by atoms with Crippen LogP contribution in [0.5, 0.6) is 0 Å². The Bertz CT molecular complexity index is 615. The average Bonchev–Trinajstić information content (AvgIpc) is 2.36. The van der Waals surface area contributed by atoms with Gasteiger partial charge in [-0.1, -0.05) is 17.7 Å². The van der Waals surface area contributed by atoms with Crippen LogP contribution in [0, 0.1) is 0 Å². The van der Waals surface area contributed by atoms with Crippen LogP contribution in [0.4, 0.5) is 0 Å². The van der Waals surface area contributed by atoms with E-state index in [9.17, 15) is 8.42 Å². The second kappa shape index (κ2) is 6.22. The molecule has 1 unspecified atom stereocenters. The second-order valence-corrected chi connectivity index (χ2v) is 7.95. The molecule has 2 rings (SSSR count). The number of sulfonamides is 1. The highest BCUT2D eigenvalue weighted by Crippen LogP contribution is 2.26. The summed E-state index contributed by atoms with van der Waals surface area (Å²) in [6.45, 7) is 4.20. The van der Waals surface area contributed by atoms with Gasteiger partial charge in [0.25, 0.3) is 0 Å². The third-order valence-corrected chi connectivity index (χ3v) is 5.39. The highest BCUT2D eigenvalue weighted by molar-refractivity contribution is 7.89. The molecule has 1 saturated heterocycles. The van der Waals surface area contributed by atoms with Gasteiger partial charge in [-0.25, -0.2) is 13.1 Å². The van der Waals surface area contributed by atoms with Gasteiger partial charge >= 0.3 is 0 Å². The van der Waals surface area contributed by atoms with E-state index in [0.29, 0.717) is 25.0 Å². The molecule has 1 aromatic carbocycles. The molecule has 1 aliphatic heterocycles. The number of aliphatic hydroxyl groups is 1. The number of aliphatic hydroxyl groups excluding tert-OH is 1. The minimum atomic E-state index is -3.63. The molecule has 0 aromatic heterocycles. The van der Waals surface area contributed by atoms with E-state index in [4.69, 9.17) is 21.4 Å². The molecule has 0 amide bonds. The van der Waals surface area contributed by atoms with Crippen molar-refractivity contribution in [3.05, 3.63) is 28.8 Å². The minimum Gasteiger partial charge on any atom is -0.392 e. The first-order chi connectivity index (χ1) is 9.73. The Kier molecular flexibility index (Phi) is 4.95. The average molecular weight is 334 g/mol. The summed E-state index contributed by atoms with van der Waals surface area (Å²) in [5.74, 6) is 0. The maximum Gasteiger partial charge on any atom is 0.240 e. The first-order valence-corrected chi connectivity index (χ1v) is 8.65. The first-order valence-electron chi connectivity index (χ1n) is 6.79. The van der Waals surface area contributed by atoms with E-state index in [2.05, 4.69) is 4.72 Å². The fourth-order valence-corrected chi connectivity index (χ4v) is 4.04. The standard InChI is InChI=1S/C14H20ClNO4S/c1-14(2)8-11(5-6-20-14)16-21(18,19)12-4-3-10(9-17)13(15)7-12/h3-4,7,11,16-17H,5-6,8-9H2,1-2H3.